The van der Waals surface area contributed by atoms with Crippen molar-refractivity contribution in [2.45, 2.75) is 26.2 Å². The third kappa shape index (κ3) is 3.19. The number of nitrogens with one attached hydrogen (secondary N) is 1. The van der Waals surface area contributed by atoms with E-state index in [9.17, 15) is 8.42 Å². The monoisotopic (exact) mass is 350 g/mol. The molecule has 0 radical (unpaired) electrons. The summed E-state index contributed by atoms with van der Waals surface area (Å²) in [6.45, 7) is 4.72. The Balaban J connectivity index is 1.87. The van der Waals surface area contributed by atoms with Gasteiger partial charge in [0.1, 0.15) is 11.5 Å². The highest BCUT2D eigenvalue weighted by Crippen LogP contribution is 2.29. The van der Waals surface area contributed by atoms with Crippen LogP contribution in [-0.4, -0.2) is 64.1 Å². The Kier molecular flexibility index (Phi) is 4.41. The maximum absolute atomic E-state index is 12.3. The van der Waals surface area contributed by atoms with Crippen LogP contribution in [0.2, 0.25) is 0 Å². The summed E-state index contributed by atoms with van der Waals surface area (Å²) in [5, 5.41) is 0. The van der Waals surface area contributed by atoms with Gasteiger partial charge in [-0.05, 0) is 26.3 Å². The van der Waals surface area contributed by atoms with Crippen molar-refractivity contribution in [1.29, 1.82) is 0 Å². The number of rotatable bonds is 4. The Morgan fingerprint density at radius 3 is 2.67 bits per heavy atom. The summed E-state index contributed by atoms with van der Waals surface area (Å²) in [5.74, 6) is 1.43. The smallest absolute Gasteiger partial charge is 0.281 e. The van der Waals surface area contributed by atoms with E-state index in [1.54, 1.807) is 20.3 Å². The predicted octanol–water partition coefficient (Wildman–Crippen LogP) is 1.08. The van der Waals surface area contributed by atoms with Crippen LogP contribution in [0.25, 0.3) is 11.5 Å². The number of imidazole rings is 1. The molecule has 1 aliphatic heterocycles. The van der Waals surface area contributed by atoms with Gasteiger partial charge < -0.3 is 4.98 Å². The van der Waals surface area contributed by atoms with Crippen LogP contribution >= 0.6 is 0 Å². The lowest BCUT2D eigenvalue weighted by Crippen LogP contribution is -2.38. The molecule has 0 unspecified atom stereocenters. The predicted molar refractivity (Wildman–Crippen MR) is 90.6 cm³/mol. The normalized spacial score (nSPS) is 19.3. The zero-order valence-electron chi connectivity index (χ0n) is 14.3. The van der Waals surface area contributed by atoms with E-state index in [-0.39, 0.29) is 5.92 Å². The Labute approximate surface area is 142 Å². The summed E-state index contributed by atoms with van der Waals surface area (Å²) in [7, 11) is -0.281. The molecule has 3 rings (SSSR count). The molecule has 24 heavy (non-hydrogen) atoms. The highest BCUT2D eigenvalue weighted by molar-refractivity contribution is 7.86. The van der Waals surface area contributed by atoms with Gasteiger partial charge in [0.25, 0.3) is 10.2 Å². The second-order valence-corrected chi connectivity index (χ2v) is 8.42. The first-order valence-electron chi connectivity index (χ1n) is 7.82. The molecule has 2 aromatic rings. The fourth-order valence-corrected chi connectivity index (χ4v) is 4.04. The van der Waals surface area contributed by atoms with E-state index < -0.39 is 10.2 Å². The lowest BCUT2D eigenvalue weighted by Gasteiger charge is -2.20. The number of hydrogen-bond acceptors (Lipinski definition) is 5. The van der Waals surface area contributed by atoms with Crippen LogP contribution in [0.1, 0.15) is 29.6 Å². The van der Waals surface area contributed by atoms with Crippen molar-refractivity contribution in [3.8, 4) is 11.5 Å². The number of aromatic amines is 1. The molecule has 2 aromatic heterocycles. The van der Waals surface area contributed by atoms with Gasteiger partial charge in [-0.3, -0.25) is 0 Å². The third-order valence-electron chi connectivity index (χ3n) is 4.16. The van der Waals surface area contributed by atoms with Crippen molar-refractivity contribution >= 4 is 10.2 Å². The molecule has 0 amide bonds. The Morgan fingerprint density at radius 1 is 1.29 bits per heavy atom. The molecule has 1 aliphatic rings. The van der Waals surface area contributed by atoms with Crippen molar-refractivity contribution in [2.24, 2.45) is 0 Å². The van der Waals surface area contributed by atoms with Gasteiger partial charge in [0.2, 0.25) is 0 Å². The Hall–Kier alpha value is -1.84. The molecular formula is C15H22N6O2S. The van der Waals surface area contributed by atoms with Crippen LogP contribution in [0.5, 0.6) is 0 Å². The number of nitrogens with zero attached hydrogens (tertiary/aromatic N) is 5. The molecule has 3 heterocycles. The standard InChI is InChI=1S/C15H22N6O2S/c1-10-8-16-15(17-10)14-7-13(18-11(2)19-14)12-5-6-21(9-12)24(22,23)20(3)4/h7-8,12H,5-6,9H2,1-4H3,(H,16,17)/t12-/m1/s1. The zero-order chi connectivity index (χ0) is 17.5. The van der Waals surface area contributed by atoms with Gasteiger partial charge in [-0.1, -0.05) is 0 Å². The summed E-state index contributed by atoms with van der Waals surface area (Å²) < 4.78 is 27.3. The van der Waals surface area contributed by atoms with Crippen molar-refractivity contribution in [3.05, 3.63) is 29.5 Å². The minimum atomic E-state index is -3.38. The zero-order valence-corrected chi connectivity index (χ0v) is 15.1. The second-order valence-electron chi connectivity index (χ2n) is 6.27. The minimum Gasteiger partial charge on any atom is -0.341 e. The van der Waals surface area contributed by atoms with Crippen molar-refractivity contribution in [3.63, 3.8) is 0 Å². The summed E-state index contributed by atoms with van der Waals surface area (Å²) in [4.78, 5) is 16.4. The lowest BCUT2D eigenvalue weighted by atomic mass is 10.0. The maximum Gasteiger partial charge on any atom is 0.281 e. The minimum absolute atomic E-state index is 0.0660. The molecule has 1 N–H and O–H groups in total. The van der Waals surface area contributed by atoms with Gasteiger partial charge in [0, 0.05) is 50.7 Å². The Morgan fingerprint density at radius 2 is 2.04 bits per heavy atom. The quantitative estimate of drug-likeness (QED) is 0.890. The van der Waals surface area contributed by atoms with Gasteiger partial charge in [-0.2, -0.15) is 17.0 Å². The molecule has 0 aromatic carbocycles. The molecule has 0 aliphatic carbocycles. The Bertz CT molecular complexity index is 845. The maximum atomic E-state index is 12.3. The first-order valence-corrected chi connectivity index (χ1v) is 9.22. The first-order chi connectivity index (χ1) is 11.3. The lowest BCUT2D eigenvalue weighted by molar-refractivity contribution is 0.418. The molecule has 0 bridgehead atoms. The van der Waals surface area contributed by atoms with E-state index >= 15 is 0 Å². The van der Waals surface area contributed by atoms with Gasteiger partial charge in [-0.15, -0.1) is 0 Å². The number of aryl methyl sites for hydroxylation is 2. The summed E-state index contributed by atoms with van der Waals surface area (Å²) in [5.41, 5.74) is 2.56. The summed E-state index contributed by atoms with van der Waals surface area (Å²) >= 11 is 0. The van der Waals surface area contributed by atoms with E-state index in [2.05, 4.69) is 19.9 Å². The van der Waals surface area contributed by atoms with E-state index in [1.165, 1.54) is 8.61 Å². The van der Waals surface area contributed by atoms with Gasteiger partial charge >= 0.3 is 0 Å². The van der Waals surface area contributed by atoms with Crippen molar-refractivity contribution in [1.82, 2.24) is 28.5 Å². The van der Waals surface area contributed by atoms with Gasteiger partial charge in [0.05, 0.1) is 0 Å². The highest BCUT2D eigenvalue weighted by Gasteiger charge is 2.34. The fraction of sp³-hybridized carbons (Fsp3) is 0.533. The van der Waals surface area contributed by atoms with E-state index in [4.69, 9.17) is 0 Å². The van der Waals surface area contributed by atoms with Crippen LogP contribution in [0.3, 0.4) is 0 Å². The third-order valence-corrected chi connectivity index (χ3v) is 6.07. The van der Waals surface area contributed by atoms with E-state index in [0.29, 0.717) is 24.7 Å². The second kappa shape index (κ2) is 6.23. The SMILES string of the molecule is Cc1nc(-c2ncc(C)[nH]2)cc([C@@H]2CCN(S(=O)(=O)N(C)C)C2)n1. The molecule has 0 spiro atoms. The molecule has 0 saturated carbocycles. The average molecular weight is 350 g/mol. The summed E-state index contributed by atoms with van der Waals surface area (Å²) in [6, 6.07) is 1.90. The van der Waals surface area contributed by atoms with Crippen LogP contribution in [0.15, 0.2) is 12.3 Å². The van der Waals surface area contributed by atoms with E-state index in [0.717, 1.165) is 23.5 Å². The number of aromatic nitrogens is 4. The molecule has 130 valence electrons. The molecule has 1 saturated heterocycles. The van der Waals surface area contributed by atoms with Gasteiger partial charge in [-0.25, -0.2) is 15.0 Å². The van der Waals surface area contributed by atoms with Gasteiger partial charge in [0.15, 0.2) is 5.82 Å². The highest BCUT2D eigenvalue weighted by atomic mass is 32.2. The van der Waals surface area contributed by atoms with Crippen LogP contribution in [0.4, 0.5) is 0 Å². The largest absolute Gasteiger partial charge is 0.341 e. The van der Waals surface area contributed by atoms with Crippen LogP contribution in [-0.2, 0) is 10.2 Å². The number of hydrogen-bond donors (Lipinski definition) is 1. The van der Waals surface area contributed by atoms with Crippen LogP contribution < -0.4 is 0 Å². The van der Waals surface area contributed by atoms with Crippen LogP contribution in [0, 0.1) is 13.8 Å². The van der Waals surface area contributed by atoms with Crippen molar-refractivity contribution < 1.29 is 8.42 Å². The molecule has 1 atom stereocenters. The average Bonchev–Trinajstić information content (AvgIpc) is 3.15. The van der Waals surface area contributed by atoms with E-state index in [1.807, 2.05) is 19.9 Å². The molecule has 9 heteroatoms. The number of H-pyrrole nitrogens is 1. The molecule has 8 nitrogen and oxygen atoms in total. The summed E-state index contributed by atoms with van der Waals surface area (Å²) in [6.07, 6.45) is 2.51. The fourth-order valence-electron chi connectivity index (χ4n) is 2.87. The first kappa shape index (κ1) is 17.0. The van der Waals surface area contributed by atoms with Crippen molar-refractivity contribution in [2.75, 3.05) is 27.2 Å². The molecule has 1 fully saturated rings. The topological polar surface area (TPSA) is 95.1 Å². The molecular weight excluding hydrogens is 328 g/mol.